The maximum atomic E-state index is 11.8. The molecule has 3 N–H and O–H groups in total. The summed E-state index contributed by atoms with van der Waals surface area (Å²) in [5.74, 6) is -0.332. The summed E-state index contributed by atoms with van der Waals surface area (Å²) in [5.41, 5.74) is 3.07. The minimum absolute atomic E-state index is 0.0237. The Morgan fingerprint density at radius 3 is 2.76 bits per heavy atom. The highest BCUT2D eigenvalue weighted by Gasteiger charge is 2.10. The second-order valence-corrected chi connectivity index (χ2v) is 4.18. The van der Waals surface area contributed by atoms with Crippen LogP contribution in [0.15, 0.2) is 47.6 Å². The zero-order valence-electron chi connectivity index (χ0n) is 11.3. The van der Waals surface area contributed by atoms with Crippen molar-refractivity contribution < 1.29 is 19.7 Å². The molecule has 2 aromatic carbocycles. The first-order valence-corrected chi connectivity index (χ1v) is 6.09. The van der Waals surface area contributed by atoms with Gasteiger partial charge in [0.15, 0.2) is 0 Å². The van der Waals surface area contributed by atoms with Crippen LogP contribution in [0.4, 0.5) is 0 Å². The summed E-state index contributed by atoms with van der Waals surface area (Å²) in [6.07, 6.45) is 1.46. The molecule has 0 unspecified atom stereocenters. The Kier molecular flexibility index (Phi) is 4.40. The van der Waals surface area contributed by atoms with Crippen molar-refractivity contribution in [3.05, 3.63) is 53.6 Å². The third-order valence-corrected chi connectivity index (χ3v) is 2.70. The van der Waals surface area contributed by atoms with E-state index in [0.717, 1.165) is 11.6 Å². The minimum Gasteiger partial charge on any atom is -0.508 e. The number of carbonyl (C=O) groups is 1. The molecule has 1 amide bonds. The standard InChI is InChI=1S/C15H14N2O4/c1-21-12-4-2-3-10(7-12)9-16-17-15(20)13-6-5-11(18)8-14(13)19/h2-9,18-19H,1H3,(H,17,20). The van der Waals surface area contributed by atoms with Crippen molar-refractivity contribution in [1.29, 1.82) is 0 Å². The number of benzene rings is 2. The van der Waals surface area contributed by atoms with Crippen molar-refractivity contribution in [2.45, 2.75) is 0 Å². The Labute approximate surface area is 121 Å². The van der Waals surface area contributed by atoms with E-state index in [1.54, 1.807) is 31.4 Å². The van der Waals surface area contributed by atoms with E-state index in [9.17, 15) is 9.90 Å². The summed E-state index contributed by atoms with van der Waals surface area (Å²) < 4.78 is 5.07. The maximum Gasteiger partial charge on any atom is 0.275 e. The predicted octanol–water partition coefficient (Wildman–Crippen LogP) is 1.87. The number of phenolic OH excluding ortho intramolecular Hbond substituents is 2. The quantitative estimate of drug-likeness (QED) is 0.591. The van der Waals surface area contributed by atoms with Crippen LogP contribution in [0.1, 0.15) is 15.9 Å². The van der Waals surface area contributed by atoms with Gasteiger partial charge in [-0.1, -0.05) is 12.1 Å². The van der Waals surface area contributed by atoms with E-state index in [2.05, 4.69) is 10.5 Å². The summed E-state index contributed by atoms with van der Waals surface area (Å²) in [6, 6.07) is 10.9. The van der Waals surface area contributed by atoms with Crippen LogP contribution in [-0.2, 0) is 0 Å². The third-order valence-electron chi connectivity index (χ3n) is 2.70. The third kappa shape index (κ3) is 3.73. The number of carbonyl (C=O) groups excluding carboxylic acids is 1. The Bertz CT molecular complexity index is 683. The van der Waals surface area contributed by atoms with Gasteiger partial charge < -0.3 is 14.9 Å². The van der Waals surface area contributed by atoms with Crippen LogP contribution in [0.2, 0.25) is 0 Å². The molecule has 0 radical (unpaired) electrons. The van der Waals surface area contributed by atoms with Crippen LogP contribution < -0.4 is 10.2 Å². The lowest BCUT2D eigenvalue weighted by Crippen LogP contribution is -2.17. The molecule has 0 aliphatic heterocycles. The van der Waals surface area contributed by atoms with Crippen LogP contribution in [0.5, 0.6) is 17.2 Å². The molecule has 0 bridgehead atoms. The predicted molar refractivity (Wildman–Crippen MR) is 77.8 cm³/mol. The minimum atomic E-state index is -0.577. The second kappa shape index (κ2) is 6.42. The van der Waals surface area contributed by atoms with Gasteiger partial charge in [0.25, 0.3) is 5.91 Å². The van der Waals surface area contributed by atoms with Gasteiger partial charge in [0.05, 0.1) is 18.9 Å². The lowest BCUT2D eigenvalue weighted by molar-refractivity contribution is 0.0952. The van der Waals surface area contributed by atoms with Crippen LogP contribution in [0, 0.1) is 0 Å². The molecule has 0 saturated carbocycles. The van der Waals surface area contributed by atoms with Crippen molar-refractivity contribution in [3.63, 3.8) is 0 Å². The Morgan fingerprint density at radius 1 is 1.24 bits per heavy atom. The molecule has 0 saturated heterocycles. The van der Waals surface area contributed by atoms with E-state index in [4.69, 9.17) is 9.84 Å². The molecule has 0 fully saturated rings. The lowest BCUT2D eigenvalue weighted by Gasteiger charge is -2.03. The number of ether oxygens (including phenoxy) is 1. The fourth-order valence-electron chi connectivity index (χ4n) is 1.66. The fraction of sp³-hybridized carbons (Fsp3) is 0.0667. The molecule has 0 aromatic heterocycles. The van der Waals surface area contributed by atoms with E-state index < -0.39 is 5.91 Å². The molecule has 21 heavy (non-hydrogen) atoms. The van der Waals surface area contributed by atoms with Gasteiger partial charge >= 0.3 is 0 Å². The molecule has 0 spiro atoms. The molecule has 0 heterocycles. The molecule has 6 nitrogen and oxygen atoms in total. The number of methoxy groups -OCH3 is 1. The molecular formula is C15H14N2O4. The molecule has 108 valence electrons. The molecule has 2 aromatic rings. The Morgan fingerprint density at radius 2 is 2.05 bits per heavy atom. The molecule has 0 aliphatic rings. The van der Waals surface area contributed by atoms with E-state index in [-0.39, 0.29) is 17.1 Å². The van der Waals surface area contributed by atoms with Crippen LogP contribution in [0.3, 0.4) is 0 Å². The molecular weight excluding hydrogens is 272 g/mol. The van der Waals surface area contributed by atoms with E-state index >= 15 is 0 Å². The van der Waals surface area contributed by atoms with Gasteiger partial charge in [-0.2, -0.15) is 5.10 Å². The highest BCUT2D eigenvalue weighted by atomic mass is 16.5. The zero-order chi connectivity index (χ0) is 15.2. The Hall–Kier alpha value is -3.02. The lowest BCUT2D eigenvalue weighted by atomic mass is 10.2. The smallest absolute Gasteiger partial charge is 0.275 e. The maximum absolute atomic E-state index is 11.8. The average Bonchev–Trinajstić information content (AvgIpc) is 2.47. The van der Waals surface area contributed by atoms with Crippen molar-refractivity contribution in [2.75, 3.05) is 7.11 Å². The van der Waals surface area contributed by atoms with Gasteiger partial charge in [-0.15, -0.1) is 0 Å². The normalized spacial score (nSPS) is 10.5. The molecule has 6 heteroatoms. The van der Waals surface area contributed by atoms with Gasteiger partial charge in [-0.3, -0.25) is 4.79 Å². The summed E-state index contributed by atoms with van der Waals surface area (Å²) in [6.45, 7) is 0. The number of hydrogen-bond acceptors (Lipinski definition) is 5. The van der Waals surface area contributed by atoms with Gasteiger partial charge in [-0.05, 0) is 29.8 Å². The van der Waals surface area contributed by atoms with E-state index in [0.29, 0.717) is 5.75 Å². The monoisotopic (exact) mass is 286 g/mol. The van der Waals surface area contributed by atoms with Crippen LogP contribution >= 0.6 is 0 Å². The van der Waals surface area contributed by atoms with Gasteiger partial charge in [0.1, 0.15) is 17.2 Å². The van der Waals surface area contributed by atoms with Crippen LogP contribution in [0.25, 0.3) is 0 Å². The highest BCUT2D eigenvalue weighted by molar-refractivity contribution is 5.97. The number of nitrogens with zero attached hydrogens (tertiary/aromatic N) is 1. The van der Waals surface area contributed by atoms with Crippen LogP contribution in [-0.4, -0.2) is 29.4 Å². The average molecular weight is 286 g/mol. The summed E-state index contributed by atoms with van der Waals surface area (Å²) in [5, 5.41) is 22.5. The van der Waals surface area contributed by atoms with Gasteiger partial charge in [0.2, 0.25) is 0 Å². The van der Waals surface area contributed by atoms with Gasteiger partial charge in [-0.25, -0.2) is 5.43 Å². The number of phenols is 2. The van der Waals surface area contributed by atoms with E-state index in [1.807, 2.05) is 0 Å². The number of hydrazone groups is 1. The first-order chi connectivity index (χ1) is 10.1. The number of hydrogen-bond donors (Lipinski definition) is 3. The molecule has 0 atom stereocenters. The summed E-state index contributed by atoms with van der Waals surface area (Å²) >= 11 is 0. The number of nitrogens with one attached hydrogen (secondary N) is 1. The SMILES string of the molecule is COc1cccc(C=NNC(=O)c2ccc(O)cc2O)c1. The van der Waals surface area contributed by atoms with E-state index in [1.165, 1.54) is 18.3 Å². The number of amides is 1. The highest BCUT2D eigenvalue weighted by Crippen LogP contribution is 2.22. The van der Waals surface area contributed by atoms with Crippen molar-refractivity contribution in [3.8, 4) is 17.2 Å². The zero-order valence-corrected chi connectivity index (χ0v) is 11.3. The van der Waals surface area contributed by atoms with Gasteiger partial charge in [0, 0.05) is 6.07 Å². The topological polar surface area (TPSA) is 91.2 Å². The fourth-order valence-corrected chi connectivity index (χ4v) is 1.66. The molecule has 2 rings (SSSR count). The number of aromatic hydroxyl groups is 2. The first-order valence-electron chi connectivity index (χ1n) is 6.09. The largest absolute Gasteiger partial charge is 0.508 e. The summed E-state index contributed by atoms with van der Waals surface area (Å²) in [7, 11) is 1.56. The molecule has 0 aliphatic carbocycles. The Balaban J connectivity index is 2.04. The number of rotatable bonds is 4. The first kappa shape index (κ1) is 14.4. The van der Waals surface area contributed by atoms with Crippen molar-refractivity contribution in [2.24, 2.45) is 5.10 Å². The summed E-state index contributed by atoms with van der Waals surface area (Å²) in [4.78, 5) is 11.8. The second-order valence-electron chi connectivity index (χ2n) is 4.18. The van der Waals surface area contributed by atoms with Crippen molar-refractivity contribution in [1.82, 2.24) is 5.43 Å². The van der Waals surface area contributed by atoms with Crippen molar-refractivity contribution >= 4 is 12.1 Å².